The predicted molar refractivity (Wildman–Crippen MR) is 77.6 cm³/mol. The monoisotopic (exact) mass is 284 g/mol. The number of nitrogens with two attached hydrogens (primary N) is 1. The van der Waals surface area contributed by atoms with Crippen molar-refractivity contribution in [2.45, 2.75) is 33.2 Å². The van der Waals surface area contributed by atoms with E-state index in [0.717, 1.165) is 5.56 Å². The van der Waals surface area contributed by atoms with Gasteiger partial charge in [-0.25, -0.2) is 0 Å². The number of anilines is 1. The van der Waals surface area contributed by atoms with Crippen molar-refractivity contribution < 1.29 is 8.42 Å². The summed E-state index contributed by atoms with van der Waals surface area (Å²) >= 11 is 0. The maximum atomic E-state index is 12.0. The number of amidine groups is 1. The number of nitrogens with one attached hydrogen (secondary N) is 3. The van der Waals surface area contributed by atoms with Crippen LogP contribution in [0.4, 0.5) is 5.69 Å². The molecule has 5 N–H and O–H groups in total. The molecule has 19 heavy (non-hydrogen) atoms. The van der Waals surface area contributed by atoms with Crippen molar-refractivity contribution in [2.24, 2.45) is 5.73 Å². The fraction of sp³-hybridized carbons (Fsp3) is 0.417. The van der Waals surface area contributed by atoms with E-state index in [4.69, 9.17) is 11.1 Å². The van der Waals surface area contributed by atoms with Crippen LogP contribution < -0.4 is 15.2 Å². The van der Waals surface area contributed by atoms with Crippen LogP contribution in [0, 0.1) is 12.3 Å². The van der Waals surface area contributed by atoms with Gasteiger partial charge in [-0.1, -0.05) is 12.1 Å². The second-order valence-electron chi connectivity index (χ2n) is 5.37. The molecule has 0 aliphatic heterocycles. The molecule has 0 fully saturated rings. The molecule has 1 aromatic rings. The van der Waals surface area contributed by atoms with Crippen molar-refractivity contribution >= 4 is 21.7 Å². The quantitative estimate of drug-likeness (QED) is 0.494. The summed E-state index contributed by atoms with van der Waals surface area (Å²) in [6.45, 7) is 7.00. The molecular weight excluding hydrogens is 264 g/mol. The Morgan fingerprint density at radius 1 is 1.32 bits per heavy atom. The number of aryl methyl sites for hydroxylation is 1. The highest BCUT2D eigenvalue weighted by molar-refractivity contribution is 7.90. The minimum Gasteiger partial charge on any atom is -0.384 e. The summed E-state index contributed by atoms with van der Waals surface area (Å²) in [4.78, 5) is 0. The molecule has 0 heterocycles. The van der Waals surface area contributed by atoms with Gasteiger partial charge in [0.1, 0.15) is 5.84 Å². The smallest absolute Gasteiger partial charge is 0.299 e. The molecule has 106 valence electrons. The average molecular weight is 284 g/mol. The first-order valence-electron chi connectivity index (χ1n) is 5.77. The van der Waals surface area contributed by atoms with Crippen LogP contribution in [0.5, 0.6) is 0 Å². The Balaban J connectivity index is 3.14. The van der Waals surface area contributed by atoms with Gasteiger partial charge in [0.2, 0.25) is 0 Å². The summed E-state index contributed by atoms with van der Waals surface area (Å²) < 4.78 is 28.8. The van der Waals surface area contributed by atoms with Crippen molar-refractivity contribution in [2.75, 3.05) is 4.72 Å². The fourth-order valence-electron chi connectivity index (χ4n) is 1.68. The lowest BCUT2D eigenvalue weighted by molar-refractivity contribution is 0.494. The maximum absolute atomic E-state index is 12.0. The van der Waals surface area contributed by atoms with E-state index in [1.807, 2.05) is 0 Å². The summed E-state index contributed by atoms with van der Waals surface area (Å²) in [5.41, 5.74) is 6.32. The summed E-state index contributed by atoms with van der Waals surface area (Å²) in [5.74, 6) is -0.174. The Morgan fingerprint density at radius 3 is 2.37 bits per heavy atom. The third-order valence-corrected chi connectivity index (χ3v) is 3.60. The Kier molecular flexibility index (Phi) is 4.21. The summed E-state index contributed by atoms with van der Waals surface area (Å²) in [7, 11) is -3.72. The summed E-state index contributed by atoms with van der Waals surface area (Å²) in [5, 5.41) is 7.53. The Hall–Kier alpha value is -1.60. The fourth-order valence-corrected chi connectivity index (χ4v) is 3.00. The molecule has 1 rings (SSSR count). The van der Waals surface area contributed by atoms with Crippen LogP contribution in [0.1, 0.15) is 31.9 Å². The van der Waals surface area contributed by atoms with Crippen LogP contribution in [0.3, 0.4) is 0 Å². The van der Waals surface area contributed by atoms with Crippen LogP contribution in [-0.4, -0.2) is 19.8 Å². The van der Waals surface area contributed by atoms with Gasteiger partial charge in [-0.15, -0.1) is 0 Å². The van der Waals surface area contributed by atoms with Crippen molar-refractivity contribution in [1.29, 1.82) is 5.41 Å². The summed E-state index contributed by atoms with van der Waals surface area (Å²) in [6.07, 6.45) is 0. The van der Waals surface area contributed by atoms with Gasteiger partial charge in [0.15, 0.2) is 0 Å². The van der Waals surface area contributed by atoms with Gasteiger partial charge in [0, 0.05) is 11.1 Å². The lowest BCUT2D eigenvalue weighted by Crippen LogP contribution is -2.43. The van der Waals surface area contributed by atoms with Gasteiger partial charge in [-0.2, -0.15) is 13.1 Å². The van der Waals surface area contributed by atoms with E-state index in [0.29, 0.717) is 11.3 Å². The topological polar surface area (TPSA) is 108 Å². The molecule has 0 bridgehead atoms. The van der Waals surface area contributed by atoms with Crippen LogP contribution in [0.2, 0.25) is 0 Å². The average Bonchev–Trinajstić information content (AvgIpc) is 2.11. The van der Waals surface area contributed by atoms with Gasteiger partial charge in [0.05, 0.1) is 5.69 Å². The van der Waals surface area contributed by atoms with E-state index < -0.39 is 15.7 Å². The van der Waals surface area contributed by atoms with Gasteiger partial charge in [-0.05, 0) is 39.3 Å². The normalized spacial score (nSPS) is 12.2. The molecule has 0 saturated heterocycles. The first-order chi connectivity index (χ1) is 8.52. The van der Waals surface area contributed by atoms with Crippen molar-refractivity contribution in [1.82, 2.24) is 4.72 Å². The van der Waals surface area contributed by atoms with Crippen molar-refractivity contribution in [3.8, 4) is 0 Å². The van der Waals surface area contributed by atoms with Crippen LogP contribution in [0.25, 0.3) is 0 Å². The molecule has 0 atom stereocenters. The van der Waals surface area contributed by atoms with Crippen LogP contribution in [0.15, 0.2) is 18.2 Å². The lowest BCUT2D eigenvalue weighted by Gasteiger charge is -2.22. The zero-order valence-electron chi connectivity index (χ0n) is 11.5. The van der Waals surface area contributed by atoms with E-state index >= 15 is 0 Å². The second-order valence-corrected chi connectivity index (χ2v) is 6.78. The Bertz CT molecular complexity index is 588. The number of hydrogen-bond acceptors (Lipinski definition) is 3. The number of hydrogen-bond donors (Lipinski definition) is 4. The highest BCUT2D eigenvalue weighted by atomic mass is 32.2. The molecule has 0 aliphatic carbocycles. The Morgan fingerprint density at radius 2 is 1.89 bits per heavy atom. The molecule has 0 spiro atoms. The van der Waals surface area contributed by atoms with Gasteiger partial charge >= 0.3 is 0 Å². The predicted octanol–water partition coefficient (Wildman–Crippen LogP) is 1.32. The van der Waals surface area contributed by atoms with Gasteiger partial charge in [-0.3, -0.25) is 10.1 Å². The first kappa shape index (κ1) is 15.5. The maximum Gasteiger partial charge on any atom is 0.299 e. The van der Waals surface area contributed by atoms with E-state index in [9.17, 15) is 8.42 Å². The molecule has 0 radical (unpaired) electrons. The van der Waals surface area contributed by atoms with Crippen molar-refractivity contribution in [3.63, 3.8) is 0 Å². The second kappa shape index (κ2) is 5.18. The molecular formula is C12H20N4O2S. The van der Waals surface area contributed by atoms with Crippen molar-refractivity contribution in [3.05, 3.63) is 29.3 Å². The highest BCUT2D eigenvalue weighted by Gasteiger charge is 2.21. The number of nitrogen functional groups attached to an aromatic ring is 1. The zero-order valence-corrected chi connectivity index (χ0v) is 12.4. The molecule has 0 aliphatic rings. The highest BCUT2D eigenvalue weighted by Crippen LogP contribution is 2.20. The van der Waals surface area contributed by atoms with Gasteiger partial charge < -0.3 is 5.73 Å². The number of benzene rings is 1. The third-order valence-electron chi connectivity index (χ3n) is 2.23. The first-order valence-corrected chi connectivity index (χ1v) is 7.26. The van der Waals surface area contributed by atoms with Gasteiger partial charge in [0.25, 0.3) is 10.2 Å². The minimum absolute atomic E-state index is 0.174. The van der Waals surface area contributed by atoms with Crippen LogP contribution >= 0.6 is 0 Å². The number of rotatable bonds is 4. The van der Waals surface area contributed by atoms with E-state index in [1.54, 1.807) is 45.9 Å². The van der Waals surface area contributed by atoms with Crippen LogP contribution in [-0.2, 0) is 10.2 Å². The zero-order chi connectivity index (χ0) is 14.8. The standard InChI is InChI=1S/C12H20N4O2S/c1-8-6-5-7-9(10(8)11(13)14)15-19(17,18)16-12(2,3)4/h5-7,15-16H,1-4H3,(H3,13,14). The minimum atomic E-state index is -3.72. The summed E-state index contributed by atoms with van der Waals surface area (Å²) in [6, 6.07) is 5.05. The van der Waals surface area contributed by atoms with E-state index in [-0.39, 0.29) is 5.84 Å². The van der Waals surface area contributed by atoms with E-state index in [2.05, 4.69) is 9.44 Å². The molecule has 7 heteroatoms. The molecule has 6 nitrogen and oxygen atoms in total. The molecule has 0 amide bonds. The SMILES string of the molecule is Cc1cccc(NS(=O)(=O)NC(C)(C)C)c1C(=N)N. The molecule has 0 saturated carbocycles. The molecule has 1 aromatic carbocycles. The lowest BCUT2D eigenvalue weighted by atomic mass is 10.1. The molecule has 0 aromatic heterocycles. The largest absolute Gasteiger partial charge is 0.384 e. The third kappa shape index (κ3) is 4.53. The molecule has 0 unspecified atom stereocenters. The Labute approximate surface area is 114 Å². The van der Waals surface area contributed by atoms with E-state index in [1.165, 1.54) is 0 Å².